The second-order valence-electron chi connectivity index (χ2n) is 6.89. The highest BCUT2D eigenvalue weighted by Crippen LogP contribution is 2.28. The summed E-state index contributed by atoms with van der Waals surface area (Å²) in [7, 11) is 0. The largest absolute Gasteiger partial charge is 0.330 e. The molecule has 1 saturated heterocycles. The lowest BCUT2D eigenvalue weighted by Crippen LogP contribution is -2.56. The van der Waals surface area contributed by atoms with Crippen LogP contribution in [0.15, 0.2) is 41.9 Å². The number of nitrogens with zero attached hydrogens (tertiary/aromatic N) is 7. The molecule has 0 radical (unpaired) electrons. The topological polar surface area (TPSA) is 91.0 Å². The van der Waals surface area contributed by atoms with Crippen molar-refractivity contribution in [2.45, 2.75) is 19.1 Å². The summed E-state index contributed by atoms with van der Waals surface area (Å²) in [6.07, 6.45) is 4.37. The van der Waals surface area contributed by atoms with Gasteiger partial charge >= 0.3 is 0 Å². The Hall–Kier alpha value is -3.27. The van der Waals surface area contributed by atoms with Crippen molar-refractivity contribution in [3.05, 3.63) is 59.0 Å². The summed E-state index contributed by atoms with van der Waals surface area (Å²) in [5.41, 5.74) is 4.71. The highest BCUT2D eigenvalue weighted by atomic mass is 35.5. The smallest absolute Gasteiger partial charge is 0.275 e. The monoisotopic (exact) mass is 414 g/mol. The molecule has 3 aromatic heterocycles. The number of hydrogen-bond acceptors (Lipinski definition) is 7. The molecular weight excluding hydrogens is 399 g/mol. The Bertz CT molecular complexity index is 1130. The number of carbonyl (C=O) groups is 1. The van der Waals surface area contributed by atoms with Gasteiger partial charge in [0.25, 0.3) is 5.91 Å². The van der Waals surface area contributed by atoms with E-state index in [9.17, 15) is 9.18 Å². The van der Waals surface area contributed by atoms with E-state index >= 15 is 0 Å². The van der Waals surface area contributed by atoms with Crippen molar-refractivity contribution in [1.82, 2.24) is 34.8 Å². The lowest BCUT2D eigenvalue weighted by Gasteiger charge is -2.40. The maximum Gasteiger partial charge on any atom is 0.275 e. The number of fused-ring (bicyclic) bond motifs is 2. The number of amides is 1. The Morgan fingerprint density at radius 3 is 2.93 bits per heavy atom. The molecule has 1 N–H and O–H groups in total. The van der Waals surface area contributed by atoms with Gasteiger partial charge in [0.2, 0.25) is 5.95 Å². The molecule has 0 bridgehead atoms. The Morgan fingerprint density at radius 1 is 1.28 bits per heavy atom. The Balaban J connectivity index is 1.37. The van der Waals surface area contributed by atoms with Crippen LogP contribution in [-0.2, 0) is 0 Å². The van der Waals surface area contributed by atoms with E-state index in [0.717, 1.165) is 11.4 Å². The van der Waals surface area contributed by atoms with Crippen molar-refractivity contribution in [2.75, 3.05) is 13.1 Å². The van der Waals surface area contributed by atoms with Crippen LogP contribution in [0.2, 0.25) is 5.02 Å². The molecule has 3 aromatic rings. The van der Waals surface area contributed by atoms with Crippen LogP contribution in [0.25, 0.3) is 5.65 Å². The van der Waals surface area contributed by atoms with Crippen LogP contribution in [0.1, 0.15) is 29.1 Å². The number of hydrazone groups is 1. The van der Waals surface area contributed by atoms with Gasteiger partial charge in [0.15, 0.2) is 11.3 Å². The first-order valence-electron chi connectivity index (χ1n) is 9.04. The van der Waals surface area contributed by atoms with Gasteiger partial charge in [-0.3, -0.25) is 10.2 Å². The van der Waals surface area contributed by atoms with Crippen molar-refractivity contribution >= 4 is 29.0 Å². The molecule has 2 aliphatic heterocycles. The van der Waals surface area contributed by atoms with Crippen LogP contribution < -0.4 is 5.43 Å². The fourth-order valence-electron chi connectivity index (χ4n) is 3.71. The van der Waals surface area contributed by atoms with Gasteiger partial charge in [-0.1, -0.05) is 11.6 Å². The molecule has 0 aromatic carbocycles. The first-order chi connectivity index (χ1) is 14.0. The van der Waals surface area contributed by atoms with Gasteiger partial charge in [-0.15, -0.1) is 0 Å². The van der Waals surface area contributed by atoms with Crippen LogP contribution in [0.4, 0.5) is 4.39 Å². The molecule has 1 fully saturated rings. The number of hydrogen-bond donors (Lipinski definition) is 1. The van der Waals surface area contributed by atoms with E-state index in [-0.39, 0.29) is 18.1 Å². The van der Waals surface area contributed by atoms with Crippen LogP contribution in [0.3, 0.4) is 0 Å². The first-order valence-corrected chi connectivity index (χ1v) is 9.42. The Labute approximate surface area is 169 Å². The van der Waals surface area contributed by atoms with Crippen LogP contribution in [0.5, 0.6) is 0 Å². The molecular formula is C18H16ClFN8O. The highest BCUT2D eigenvalue weighted by Gasteiger charge is 2.40. The molecule has 148 valence electrons. The molecule has 0 saturated carbocycles. The maximum absolute atomic E-state index is 13.1. The third kappa shape index (κ3) is 2.96. The summed E-state index contributed by atoms with van der Waals surface area (Å²) < 4.78 is 14.6. The lowest BCUT2D eigenvalue weighted by atomic mass is 10.1. The van der Waals surface area contributed by atoms with Gasteiger partial charge in [0.05, 0.1) is 17.3 Å². The zero-order valence-corrected chi connectivity index (χ0v) is 16.1. The summed E-state index contributed by atoms with van der Waals surface area (Å²) >= 11 is 5.94. The summed E-state index contributed by atoms with van der Waals surface area (Å²) in [4.78, 5) is 24.8. The van der Waals surface area contributed by atoms with Gasteiger partial charge in [-0.25, -0.2) is 14.5 Å². The molecule has 1 amide bonds. The molecule has 0 spiro atoms. The molecule has 0 aliphatic carbocycles. The standard InChI is InChI=1S/C18H16ClFN8O/c1-10-16-23-24-17(11-2-3-14(20)21-7-11)27(16)5-4-26(10)18(29)13-6-15-22-8-12(19)9-28(15)25-13/h2-3,6-10,17,24H,4-5H2,1H3. The summed E-state index contributed by atoms with van der Waals surface area (Å²) in [6.45, 7) is 2.98. The predicted molar refractivity (Wildman–Crippen MR) is 103 cm³/mol. The molecule has 2 unspecified atom stereocenters. The zero-order chi connectivity index (χ0) is 20.1. The fourth-order valence-corrected chi connectivity index (χ4v) is 3.85. The minimum Gasteiger partial charge on any atom is -0.330 e. The Kier molecular flexibility index (Phi) is 4.09. The second kappa shape index (κ2) is 6.66. The third-order valence-electron chi connectivity index (χ3n) is 5.16. The van der Waals surface area contributed by atoms with E-state index in [1.54, 1.807) is 23.2 Å². The molecule has 29 heavy (non-hydrogen) atoms. The highest BCUT2D eigenvalue weighted by molar-refractivity contribution is 6.30. The minimum atomic E-state index is -0.528. The maximum atomic E-state index is 13.1. The average Bonchev–Trinajstić information content (AvgIpc) is 3.33. The Morgan fingerprint density at radius 2 is 2.14 bits per heavy atom. The van der Waals surface area contributed by atoms with Crippen LogP contribution in [0, 0.1) is 5.95 Å². The lowest BCUT2D eigenvalue weighted by molar-refractivity contribution is 0.0665. The molecule has 2 aliphatic rings. The number of rotatable bonds is 2. The van der Waals surface area contributed by atoms with E-state index in [4.69, 9.17) is 11.6 Å². The summed E-state index contributed by atoms with van der Waals surface area (Å²) in [6, 6.07) is 4.38. The van der Waals surface area contributed by atoms with Crippen molar-refractivity contribution in [2.24, 2.45) is 5.10 Å². The number of aromatic nitrogens is 4. The van der Waals surface area contributed by atoms with Crippen molar-refractivity contribution < 1.29 is 9.18 Å². The number of piperazine rings is 1. The van der Waals surface area contributed by atoms with Crippen LogP contribution >= 0.6 is 11.6 Å². The fraction of sp³-hybridized carbons (Fsp3) is 0.278. The molecule has 11 heteroatoms. The van der Waals surface area contributed by atoms with Gasteiger partial charge in [-0.05, 0) is 19.1 Å². The average molecular weight is 415 g/mol. The zero-order valence-electron chi connectivity index (χ0n) is 15.3. The molecule has 9 nitrogen and oxygen atoms in total. The van der Waals surface area contributed by atoms with Crippen molar-refractivity contribution in [3.8, 4) is 0 Å². The molecule has 2 atom stereocenters. The van der Waals surface area contributed by atoms with E-state index in [1.807, 2.05) is 6.92 Å². The van der Waals surface area contributed by atoms with Crippen LogP contribution in [-0.4, -0.2) is 60.3 Å². The van der Waals surface area contributed by atoms with E-state index in [1.165, 1.54) is 23.0 Å². The van der Waals surface area contributed by atoms with Crippen molar-refractivity contribution in [3.63, 3.8) is 0 Å². The summed E-state index contributed by atoms with van der Waals surface area (Å²) in [5, 5.41) is 9.17. The quantitative estimate of drug-likeness (QED) is 0.641. The number of carbonyl (C=O) groups excluding carboxylic acids is 1. The second-order valence-corrected chi connectivity index (χ2v) is 7.32. The molecule has 5 rings (SSSR count). The molecule has 5 heterocycles. The van der Waals surface area contributed by atoms with E-state index < -0.39 is 5.95 Å². The van der Waals surface area contributed by atoms with Gasteiger partial charge in [0, 0.05) is 37.1 Å². The van der Waals surface area contributed by atoms with Crippen molar-refractivity contribution in [1.29, 1.82) is 0 Å². The van der Waals surface area contributed by atoms with E-state index in [2.05, 4.69) is 30.5 Å². The number of pyridine rings is 1. The first kappa shape index (κ1) is 17.8. The number of halogens is 2. The normalized spacial score (nSPS) is 21.1. The number of nitrogens with one attached hydrogen (secondary N) is 1. The van der Waals surface area contributed by atoms with Gasteiger partial charge in [0.1, 0.15) is 12.0 Å². The predicted octanol–water partition coefficient (Wildman–Crippen LogP) is 1.68. The van der Waals surface area contributed by atoms with Gasteiger partial charge in [-0.2, -0.15) is 14.6 Å². The number of amidine groups is 1. The minimum absolute atomic E-state index is 0.201. The van der Waals surface area contributed by atoms with E-state index in [0.29, 0.717) is 29.5 Å². The summed E-state index contributed by atoms with van der Waals surface area (Å²) in [5.74, 6) is 0.0112. The SMILES string of the molecule is CC1C2=NNC(c3ccc(F)nc3)N2CCN1C(=O)c1cc2ncc(Cl)cn2n1. The third-order valence-corrected chi connectivity index (χ3v) is 5.35. The van der Waals surface area contributed by atoms with Gasteiger partial charge < -0.3 is 9.80 Å².